The van der Waals surface area contributed by atoms with Crippen LogP contribution in [0.15, 0.2) is 12.2 Å². The van der Waals surface area contributed by atoms with E-state index in [1.165, 1.54) is 19.3 Å². The van der Waals surface area contributed by atoms with E-state index >= 15 is 0 Å². The SMILES string of the molecule is O=C1C=C[C@H]2C[C@@H]3CCCN2[C@@H]13. The van der Waals surface area contributed by atoms with Crippen molar-refractivity contribution in [3.63, 3.8) is 0 Å². The average molecular weight is 163 g/mol. The van der Waals surface area contributed by atoms with Crippen LogP contribution in [0.25, 0.3) is 0 Å². The summed E-state index contributed by atoms with van der Waals surface area (Å²) >= 11 is 0. The summed E-state index contributed by atoms with van der Waals surface area (Å²) in [5.41, 5.74) is 0. The molecule has 1 unspecified atom stereocenters. The highest BCUT2D eigenvalue weighted by molar-refractivity contribution is 5.96. The Kier molecular flexibility index (Phi) is 1.25. The van der Waals surface area contributed by atoms with Crippen LogP contribution in [0.3, 0.4) is 0 Å². The van der Waals surface area contributed by atoms with Crippen LogP contribution in [0.5, 0.6) is 0 Å². The first-order valence-corrected chi connectivity index (χ1v) is 4.84. The third-order valence-corrected chi connectivity index (χ3v) is 3.54. The number of carbonyl (C=O) groups is 1. The lowest BCUT2D eigenvalue weighted by atomic mass is 9.90. The van der Waals surface area contributed by atoms with Crippen LogP contribution in [-0.4, -0.2) is 29.3 Å². The van der Waals surface area contributed by atoms with Gasteiger partial charge in [0.2, 0.25) is 0 Å². The van der Waals surface area contributed by atoms with Gasteiger partial charge in [-0.3, -0.25) is 9.69 Å². The van der Waals surface area contributed by atoms with Gasteiger partial charge < -0.3 is 0 Å². The van der Waals surface area contributed by atoms with Crippen molar-refractivity contribution in [2.45, 2.75) is 31.3 Å². The number of rotatable bonds is 0. The molecule has 4 atom stereocenters. The normalized spacial score (nSPS) is 49.8. The van der Waals surface area contributed by atoms with Gasteiger partial charge in [-0.25, -0.2) is 0 Å². The molecule has 0 amide bonds. The molecule has 3 heterocycles. The largest absolute Gasteiger partial charge is 0.293 e. The molecule has 2 saturated heterocycles. The number of carbonyl (C=O) groups excluding carboxylic acids is 1. The van der Waals surface area contributed by atoms with Gasteiger partial charge in [0, 0.05) is 6.04 Å². The van der Waals surface area contributed by atoms with Gasteiger partial charge in [-0.2, -0.15) is 0 Å². The Morgan fingerprint density at radius 3 is 3.25 bits per heavy atom. The third kappa shape index (κ3) is 0.712. The zero-order valence-electron chi connectivity index (χ0n) is 7.07. The van der Waals surface area contributed by atoms with Crippen molar-refractivity contribution in [2.75, 3.05) is 6.54 Å². The van der Waals surface area contributed by atoms with Crippen molar-refractivity contribution >= 4 is 5.78 Å². The lowest BCUT2D eigenvalue weighted by molar-refractivity contribution is -0.121. The van der Waals surface area contributed by atoms with E-state index in [9.17, 15) is 4.79 Å². The number of ketones is 1. The first kappa shape index (κ1) is 6.84. The molecule has 0 aliphatic carbocycles. The minimum absolute atomic E-state index is 0.272. The number of piperidine rings is 1. The Bertz CT molecular complexity index is 259. The molecular formula is C10H13NO. The first-order chi connectivity index (χ1) is 5.86. The molecule has 0 N–H and O–H groups in total. The molecule has 2 nitrogen and oxygen atoms in total. The minimum Gasteiger partial charge on any atom is -0.293 e. The Morgan fingerprint density at radius 1 is 1.50 bits per heavy atom. The van der Waals surface area contributed by atoms with E-state index in [2.05, 4.69) is 11.0 Å². The standard InChI is InChI=1S/C10H13NO/c12-9-4-3-8-6-7-2-1-5-11(8)10(7)9/h3-4,7-8,10H,1-2,5-6H2/t7-,8-,10+/m0/s1. The van der Waals surface area contributed by atoms with Crippen molar-refractivity contribution in [2.24, 2.45) is 5.92 Å². The maximum atomic E-state index is 11.5. The minimum atomic E-state index is 0.272. The van der Waals surface area contributed by atoms with Gasteiger partial charge in [-0.15, -0.1) is 0 Å². The van der Waals surface area contributed by atoms with Crippen molar-refractivity contribution in [1.82, 2.24) is 4.90 Å². The van der Waals surface area contributed by atoms with Crippen LogP contribution in [0, 0.1) is 5.92 Å². The van der Waals surface area contributed by atoms with Crippen molar-refractivity contribution in [3.8, 4) is 0 Å². The van der Waals surface area contributed by atoms with Gasteiger partial charge in [0.05, 0.1) is 6.04 Å². The van der Waals surface area contributed by atoms with Gasteiger partial charge in [-0.05, 0) is 37.8 Å². The number of nitrogens with zero attached hydrogens (tertiary/aromatic N) is 1. The van der Waals surface area contributed by atoms with Gasteiger partial charge >= 0.3 is 0 Å². The van der Waals surface area contributed by atoms with Crippen LogP contribution in [-0.2, 0) is 4.79 Å². The highest BCUT2D eigenvalue weighted by atomic mass is 16.1. The molecule has 64 valence electrons. The van der Waals surface area contributed by atoms with E-state index in [-0.39, 0.29) is 6.04 Å². The maximum Gasteiger partial charge on any atom is 0.172 e. The van der Waals surface area contributed by atoms with Gasteiger partial charge in [-0.1, -0.05) is 6.08 Å². The molecule has 2 fully saturated rings. The summed E-state index contributed by atoms with van der Waals surface area (Å²) in [6.45, 7) is 1.14. The average Bonchev–Trinajstić information content (AvgIpc) is 2.24. The quantitative estimate of drug-likeness (QED) is 0.530. The van der Waals surface area contributed by atoms with E-state index in [1.54, 1.807) is 6.08 Å². The fourth-order valence-corrected chi connectivity index (χ4v) is 3.06. The van der Waals surface area contributed by atoms with E-state index < -0.39 is 0 Å². The summed E-state index contributed by atoms with van der Waals surface area (Å²) < 4.78 is 0. The molecule has 0 aromatic carbocycles. The molecule has 3 aliphatic rings. The summed E-state index contributed by atoms with van der Waals surface area (Å²) in [6, 6.07) is 0.869. The van der Waals surface area contributed by atoms with Crippen molar-refractivity contribution in [3.05, 3.63) is 12.2 Å². The molecule has 3 aliphatic heterocycles. The van der Waals surface area contributed by atoms with Crippen LogP contribution in [0.4, 0.5) is 0 Å². The highest BCUT2D eigenvalue weighted by Gasteiger charge is 2.47. The second kappa shape index (κ2) is 2.19. The van der Waals surface area contributed by atoms with Crippen LogP contribution in [0.1, 0.15) is 19.3 Å². The highest BCUT2D eigenvalue weighted by Crippen LogP contribution is 2.40. The molecule has 12 heavy (non-hydrogen) atoms. The fourth-order valence-electron chi connectivity index (χ4n) is 3.06. The molecule has 3 rings (SSSR count). The molecule has 0 aromatic heterocycles. The predicted octanol–water partition coefficient (Wildman–Crippen LogP) is 0.978. The van der Waals surface area contributed by atoms with E-state index in [0.717, 1.165) is 6.54 Å². The third-order valence-electron chi connectivity index (χ3n) is 3.54. The number of hydrogen-bond donors (Lipinski definition) is 0. The first-order valence-electron chi connectivity index (χ1n) is 4.84. The van der Waals surface area contributed by atoms with E-state index in [0.29, 0.717) is 17.7 Å². The molecule has 0 saturated carbocycles. The zero-order chi connectivity index (χ0) is 8.13. The predicted molar refractivity (Wildman–Crippen MR) is 45.8 cm³/mol. The summed E-state index contributed by atoms with van der Waals surface area (Å²) in [5, 5.41) is 0. The summed E-state index contributed by atoms with van der Waals surface area (Å²) in [7, 11) is 0. The van der Waals surface area contributed by atoms with Crippen molar-refractivity contribution < 1.29 is 4.79 Å². The Hall–Kier alpha value is -0.630. The maximum absolute atomic E-state index is 11.5. The second-order valence-corrected chi connectivity index (χ2v) is 4.15. The van der Waals surface area contributed by atoms with E-state index in [4.69, 9.17) is 0 Å². The topological polar surface area (TPSA) is 20.3 Å². The molecule has 2 heteroatoms. The van der Waals surface area contributed by atoms with E-state index in [1.807, 2.05) is 0 Å². The Morgan fingerprint density at radius 2 is 2.42 bits per heavy atom. The van der Waals surface area contributed by atoms with Crippen LogP contribution in [0.2, 0.25) is 0 Å². The number of hydrogen-bond acceptors (Lipinski definition) is 2. The Labute approximate surface area is 72.2 Å². The molecule has 0 radical (unpaired) electrons. The monoisotopic (exact) mass is 163 g/mol. The summed E-state index contributed by atoms with van der Waals surface area (Å²) in [4.78, 5) is 13.9. The fraction of sp³-hybridized carbons (Fsp3) is 0.700. The summed E-state index contributed by atoms with van der Waals surface area (Å²) in [5.74, 6) is 1.03. The molecule has 0 aromatic rings. The van der Waals surface area contributed by atoms with Crippen LogP contribution < -0.4 is 0 Å². The summed E-state index contributed by atoms with van der Waals surface area (Å²) in [6.07, 6.45) is 7.69. The zero-order valence-corrected chi connectivity index (χ0v) is 7.07. The lowest BCUT2D eigenvalue weighted by Gasteiger charge is -2.34. The Balaban J connectivity index is 2.03. The molecule has 4 bridgehead atoms. The van der Waals surface area contributed by atoms with Crippen molar-refractivity contribution in [1.29, 1.82) is 0 Å². The van der Waals surface area contributed by atoms with Gasteiger partial charge in [0.1, 0.15) is 0 Å². The smallest absolute Gasteiger partial charge is 0.172 e. The second-order valence-electron chi connectivity index (χ2n) is 4.15. The molecular weight excluding hydrogens is 150 g/mol. The lowest BCUT2D eigenvalue weighted by Crippen LogP contribution is -2.47. The van der Waals surface area contributed by atoms with Gasteiger partial charge in [0.15, 0.2) is 5.78 Å². The van der Waals surface area contributed by atoms with Crippen LogP contribution >= 0.6 is 0 Å². The molecule has 0 spiro atoms. The van der Waals surface area contributed by atoms with Gasteiger partial charge in [0.25, 0.3) is 0 Å².